The van der Waals surface area contributed by atoms with E-state index in [1.165, 1.54) is 83.2 Å². The highest BCUT2D eigenvalue weighted by Crippen LogP contribution is 2.64. The van der Waals surface area contributed by atoms with Gasteiger partial charge in [0.15, 0.2) is 0 Å². The van der Waals surface area contributed by atoms with Gasteiger partial charge in [-0.2, -0.15) is 0 Å². The van der Waals surface area contributed by atoms with Crippen LogP contribution in [0.2, 0.25) is 0 Å². The predicted octanol–water partition coefficient (Wildman–Crippen LogP) is 13.0. The number of fused-ring (bicyclic) bond motifs is 15. The lowest BCUT2D eigenvalue weighted by atomic mass is 9.70. The van der Waals surface area contributed by atoms with Crippen molar-refractivity contribution < 1.29 is 0 Å². The van der Waals surface area contributed by atoms with Gasteiger partial charge in [-0.3, -0.25) is 0 Å². The van der Waals surface area contributed by atoms with Gasteiger partial charge in [-0.1, -0.05) is 159 Å². The average molecular weight is 650 g/mol. The van der Waals surface area contributed by atoms with Crippen LogP contribution in [-0.4, -0.2) is 0 Å². The van der Waals surface area contributed by atoms with Crippen LogP contribution in [-0.2, 0) is 10.8 Å². The Morgan fingerprint density at radius 2 is 0.902 bits per heavy atom. The summed E-state index contributed by atoms with van der Waals surface area (Å²) in [5.41, 5.74) is 19.1. The number of hydrogen-bond acceptors (Lipinski definition) is 1. The van der Waals surface area contributed by atoms with Crippen molar-refractivity contribution in [2.24, 2.45) is 0 Å². The van der Waals surface area contributed by atoms with Crippen LogP contribution in [0.15, 0.2) is 176 Å². The quantitative estimate of drug-likeness (QED) is 0.184. The van der Waals surface area contributed by atoms with Crippen LogP contribution in [0, 0.1) is 0 Å². The smallest absolute Gasteiger partial charge is 0.0726 e. The van der Waals surface area contributed by atoms with Crippen molar-refractivity contribution in [3.05, 3.63) is 209 Å². The van der Waals surface area contributed by atoms with Gasteiger partial charge < -0.3 is 4.90 Å². The summed E-state index contributed by atoms with van der Waals surface area (Å²) in [6.45, 7) is 4.79. The Bertz CT molecular complexity index is 2670. The summed E-state index contributed by atoms with van der Waals surface area (Å²) in [4.78, 5) is 2.52. The second-order valence-electron chi connectivity index (χ2n) is 14.8. The summed E-state index contributed by atoms with van der Waals surface area (Å²) in [5, 5.41) is 2.59. The van der Waals surface area contributed by atoms with Crippen molar-refractivity contribution in [3.63, 3.8) is 0 Å². The lowest BCUT2D eigenvalue weighted by Gasteiger charge is -2.33. The first-order chi connectivity index (χ1) is 25.1. The zero-order valence-electron chi connectivity index (χ0n) is 28.7. The molecular weight excluding hydrogens is 615 g/mol. The Morgan fingerprint density at radius 1 is 0.392 bits per heavy atom. The molecule has 0 radical (unpaired) electrons. The number of hydrogen-bond donors (Lipinski definition) is 0. The molecule has 1 nitrogen and oxygen atoms in total. The molecule has 0 unspecified atom stereocenters. The third-order valence-electron chi connectivity index (χ3n) is 12.0. The third-order valence-corrected chi connectivity index (χ3v) is 12.0. The van der Waals surface area contributed by atoms with Gasteiger partial charge in [-0.25, -0.2) is 0 Å². The zero-order valence-corrected chi connectivity index (χ0v) is 28.7. The molecule has 0 N–H and O–H groups in total. The first kappa shape index (κ1) is 28.6. The van der Waals surface area contributed by atoms with Gasteiger partial charge in [-0.15, -0.1) is 0 Å². The number of benzene rings is 8. The van der Waals surface area contributed by atoms with Crippen LogP contribution in [0.4, 0.5) is 17.1 Å². The molecule has 0 saturated heterocycles. The molecule has 1 heteroatoms. The van der Waals surface area contributed by atoms with E-state index in [1.54, 1.807) is 0 Å². The van der Waals surface area contributed by atoms with E-state index in [4.69, 9.17) is 0 Å². The topological polar surface area (TPSA) is 3.24 Å². The minimum atomic E-state index is -0.405. The average Bonchev–Trinajstić information content (AvgIpc) is 3.74. The first-order valence-electron chi connectivity index (χ1n) is 18.0. The van der Waals surface area contributed by atoms with Gasteiger partial charge >= 0.3 is 0 Å². The second kappa shape index (κ2) is 10.2. The van der Waals surface area contributed by atoms with Crippen LogP contribution in [0.1, 0.15) is 47.2 Å². The molecular formula is C50H35N. The van der Waals surface area contributed by atoms with Crippen molar-refractivity contribution in [1.29, 1.82) is 0 Å². The van der Waals surface area contributed by atoms with E-state index in [2.05, 4.69) is 195 Å². The molecule has 0 heterocycles. The fourth-order valence-corrected chi connectivity index (χ4v) is 10.0. The van der Waals surface area contributed by atoms with E-state index in [-0.39, 0.29) is 5.41 Å². The van der Waals surface area contributed by atoms with Gasteiger partial charge in [0.25, 0.3) is 0 Å². The summed E-state index contributed by atoms with van der Waals surface area (Å²) in [6, 6.07) is 65.8. The maximum absolute atomic E-state index is 2.52. The molecule has 3 aliphatic carbocycles. The molecule has 1 spiro atoms. The maximum atomic E-state index is 2.52. The maximum Gasteiger partial charge on any atom is 0.0726 e. The Hall–Kier alpha value is -6.18. The summed E-state index contributed by atoms with van der Waals surface area (Å²) < 4.78 is 0. The molecule has 11 rings (SSSR count). The fraction of sp³-hybridized carbons (Fsp3) is 0.0800. The van der Waals surface area contributed by atoms with Crippen molar-refractivity contribution in [2.45, 2.75) is 24.7 Å². The molecule has 240 valence electrons. The van der Waals surface area contributed by atoms with Crippen molar-refractivity contribution in [3.8, 4) is 33.4 Å². The van der Waals surface area contributed by atoms with Gasteiger partial charge in [0, 0.05) is 22.4 Å². The highest BCUT2D eigenvalue weighted by atomic mass is 15.1. The van der Waals surface area contributed by atoms with Gasteiger partial charge in [-0.05, 0) is 102 Å². The molecule has 3 aliphatic rings. The molecule has 0 aliphatic heterocycles. The first-order valence-corrected chi connectivity index (χ1v) is 18.0. The molecule has 0 bridgehead atoms. The number of para-hydroxylation sites is 1. The van der Waals surface area contributed by atoms with Crippen LogP contribution < -0.4 is 4.90 Å². The Labute approximate surface area is 299 Å². The number of rotatable bonds is 3. The Kier molecular flexibility index (Phi) is 5.72. The lowest BCUT2D eigenvalue weighted by molar-refractivity contribution is 0.666. The van der Waals surface area contributed by atoms with Crippen molar-refractivity contribution in [1.82, 2.24) is 0 Å². The predicted molar refractivity (Wildman–Crippen MR) is 212 cm³/mol. The highest BCUT2D eigenvalue weighted by molar-refractivity contribution is 6.06. The molecule has 0 saturated carbocycles. The summed E-state index contributed by atoms with van der Waals surface area (Å²) in [5.74, 6) is 0. The monoisotopic (exact) mass is 649 g/mol. The molecule has 8 aromatic rings. The minimum Gasteiger partial charge on any atom is -0.310 e. The molecule has 0 amide bonds. The van der Waals surface area contributed by atoms with Crippen molar-refractivity contribution >= 4 is 27.8 Å². The van der Waals surface area contributed by atoms with Gasteiger partial charge in [0.05, 0.1) is 11.1 Å². The molecule has 0 fully saturated rings. The van der Waals surface area contributed by atoms with Crippen LogP contribution >= 0.6 is 0 Å². The third kappa shape index (κ3) is 3.60. The molecule has 0 atom stereocenters. The largest absolute Gasteiger partial charge is 0.310 e. The summed E-state index contributed by atoms with van der Waals surface area (Å²) >= 11 is 0. The van der Waals surface area contributed by atoms with Crippen LogP contribution in [0.3, 0.4) is 0 Å². The minimum absolute atomic E-state index is 0.148. The lowest BCUT2D eigenvalue weighted by Crippen LogP contribution is -2.26. The number of nitrogens with zero attached hydrogens (tertiary/aromatic N) is 1. The van der Waals surface area contributed by atoms with E-state index in [1.807, 2.05) is 0 Å². The van der Waals surface area contributed by atoms with Crippen molar-refractivity contribution in [2.75, 3.05) is 4.90 Å². The molecule has 8 aromatic carbocycles. The number of anilines is 3. The fourth-order valence-electron chi connectivity index (χ4n) is 10.0. The second-order valence-corrected chi connectivity index (χ2v) is 14.8. The summed E-state index contributed by atoms with van der Waals surface area (Å²) in [7, 11) is 0. The Balaban J connectivity index is 1.25. The van der Waals surface area contributed by atoms with Crippen LogP contribution in [0.25, 0.3) is 44.2 Å². The molecule has 51 heavy (non-hydrogen) atoms. The van der Waals surface area contributed by atoms with E-state index in [9.17, 15) is 0 Å². The van der Waals surface area contributed by atoms with E-state index >= 15 is 0 Å². The summed E-state index contributed by atoms with van der Waals surface area (Å²) in [6.07, 6.45) is 0. The van der Waals surface area contributed by atoms with Gasteiger partial charge in [0.1, 0.15) is 0 Å². The normalized spacial score (nSPS) is 14.8. The SMILES string of the molecule is CC1(C)c2ccccc2-c2c(N(c3ccccc3)c3ccc4c(c3)C3(c5ccccc5-c5ccccc53)c3ccccc3-4)cc3ccccc3c21. The van der Waals surface area contributed by atoms with Gasteiger partial charge in [0.2, 0.25) is 0 Å². The standard InChI is InChI=1S/C50H35N/c1-49(2)41-24-12-11-23-40(41)47-46(30-32-16-6-7-19-35(32)48(47)49)51(33-17-4-3-5-18-33)34-28-29-39-38-22-10-15-27-44(38)50(45(39)31-34)42-25-13-8-20-36(42)37-21-9-14-26-43(37)50/h3-31H,1-2H3. The van der Waals surface area contributed by atoms with E-state index in [0.717, 1.165) is 11.4 Å². The zero-order chi connectivity index (χ0) is 33.9. The highest BCUT2D eigenvalue weighted by Gasteiger charge is 2.51. The van der Waals surface area contributed by atoms with E-state index < -0.39 is 5.41 Å². The molecule has 0 aromatic heterocycles. The van der Waals surface area contributed by atoms with Crippen LogP contribution in [0.5, 0.6) is 0 Å². The van der Waals surface area contributed by atoms with E-state index in [0.29, 0.717) is 0 Å². The Morgan fingerprint density at radius 3 is 1.55 bits per heavy atom.